The molecule has 0 aliphatic carbocycles. The number of thioether (sulfide) groups is 1. The lowest BCUT2D eigenvalue weighted by molar-refractivity contribution is -0.384. The van der Waals surface area contributed by atoms with Crippen molar-refractivity contribution >= 4 is 41.2 Å². The second-order valence-electron chi connectivity index (χ2n) is 7.77. The summed E-state index contributed by atoms with van der Waals surface area (Å²) in [7, 11) is 1.66. The Morgan fingerprint density at radius 2 is 1.68 bits per heavy atom. The molecule has 0 spiro atoms. The number of hydrogen-bond donors (Lipinski definition) is 2. The zero-order chi connectivity index (χ0) is 28.7. The first kappa shape index (κ1) is 31.7. The molecular formula is C26H29N3O8S. The fourth-order valence-corrected chi connectivity index (χ4v) is 4.40. The molecule has 0 aromatic heterocycles. The number of aliphatic carboxylic acids is 1. The second kappa shape index (κ2) is 16.4. The smallest absolute Gasteiger partial charge is 0.306 e. The monoisotopic (exact) mass is 543 g/mol. The molecule has 2 atom stereocenters. The zero-order valence-corrected chi connectivity index (χ0v) is 21.8. The summed E-state index contributed by atoms with van der Waals surface area (Å²) in [4.78, 5) is 57.1. The van der Waals surface area contributed by atoms with Crippen molar-refractivity contribution in [1.82, 2.24) is 10.2 Å². The van der Waals surface area contributed by atoms with Crippen LogP contribution in [0.2, 0.25) is 0 Å². The molecule has 2 amide bonds. The summed E-state index contributed by atoms with van der Waals surface area (Å²) in [6, 6.07) is 14.5. The molecule has 38 heavy (non-hydrogen) atoms. The lowest BCUT2D eigenvalue weighted by atomic mass is 10.1. The van der Waals surface area contributed by atoms with Gasteiger partial charge in [-0.2, -0.15) is 0 Å². The number of carboxylic acid groups (broad SMARTS) is 1. The van der Waals surface area contributed by atoms with E-state index in [9.17, 15) is 24.5 Å². The Bertz CT molecular complexity index is 1120. The number of hydrogen-bond acceptors (Lipinski definition) is 8. The van der Waals surface area contributed by atoms with Crippen molar-refractivity contribution in [1.29, 1.82) is 0 Å². The molecule has 12 heteroatoms. The number of carbonyl (C=O) groups is 4. The average molecular weight is 544 g/mol. The van der Waals surface area contributed by atoms with Gasteiger partial charge in [0.25, 0.3) is 11.7 Å². The molecular weight excluding hydrogens is 514 g/mol. The molecule has 1 heterocycles. The Labute approximate surface area is 224 Å². The van der Waals surface area contributed by atoms with Crippen LogP contribution in [0.15, 0.2) is 54.6 Å². The number of esters is 1. The van der Waals surface area contributed by atoms with Gasteiger partial charge in [-0.3, -0.25) is 29.3 Å². The maximum Gasteiger partial charge on any atom is 0.306 e. The van der Waals surface area contributed by atoms with Gasteiger partial charge in [0.2, 0.25) is 11.8 Å². The van der Waals surface area contributed by atoms with Crippen LogP contribution in [-0.2, 0) is 36.9 Å². The van der Waals surface area contributed by atoms with Crippen molar-refractivity contribution < 1.29 is 33.9 Å². The van der Waals surface area contributed by atoms with E-state index in [1.807, 2.05) is 30.3 Å². The van der Waals surface area contributed by atoms with E-state index in [0.717, 1.165) is 12.5 Å². The summed E-state index contributed by atoms with van der Waals surface area (Å²) < 4.78 is 5.20. The first-order chi connectivity index (χ1) is 18.1. The highest BCUT2D eigenvalue weighted by Crippen LogP contribution is 2.29. The van der Waals surface area contributed by atoms with Gasteiger partial charge in [-0.15, -0.1) is 24.6 Å². The number of carboxylic acids is 1. The predicted molar refractivity (Wildman–Crippen MR) is 142 cm³/mol. The summed E-state index contributed by atoms with van der Waals surface area (Å²) in [6.45, 7) is 1.11. The Morgan fingerprint density at radius 1 is 1.11 bits per heavy atom. The molecule has 1 aliphatic heterocycles. The summed E-state index contributed by atoms with van der Waals surface area (Å²) in [5.41, 5.74) is 1.49. The molecule has 2 aromatic carbocycles. The lowest BCUT2D eigenvalue weighted by Gasteiger charge is -2.44. The third-order valence-corrected chi connectivity index (χ3v) is 6.32. The van der Waals surface area contributed by atoms with E-state index in [4.69, 9.17) is 14.6 Å². The second-order valence-corrected chi connectivity index (χ2v) is 9.00. The Balaban J connectivity index is 0.00000110. The number of amides is 2. The highest BCUT2D eigenvalue weighted by Gasteiger charge is 2.46. The van der Waals surface area contributed by atoms with Crippen LogP contribution in [0.3, 0.4) is 0 Å². The number of likely N-dealkylation sites (N-methyl/N-ethyl adjacent to an activating group) is 1. The van der Waals surface area contributed by atoms with Crippen LogP contribution >= 0.6 is 11.8 Å². The maximum atomic E-state index is 12.3. The van der Waals surface area contributed by atoms with Gasteiger partial charge < -0.3 is 20.1 Å². The Kier molecular flexibility index (Phi) is 13.7. The number of carbonyl (C=O) groups excluding carboxylic acids is 3. The van der Waals surface area contributed by atoms with Crippen molar-refractivity contribution in [2.45, 2.75) is 37.8 Å². The van der Waals surface area contributed by atoms with Gasteiger partial charge in [0.15, 0.2) is 0 Å². The van der Waals surface area contributed by atoms with E-state index >= 15 is 0 Å². The summed E-state index contributed by atoms with van der Waals surface area (Å²) in [5, 5.41) is 20.6. The van der Waals surface area contributed by atoms with Gasteiger partial charge in [0, 0.05) is 31.9 Å². The minimum atomic E-state index is -0.833. The molecule has 1 saturated heterocycles. The van der Waals surface area contributed by atoms with Gasteiger partial charge >= 0.3 is 5.97 Å². The molecule has 2 N–H and O–H groups in total. The quantitative estimate of drug-likeness (QED) is 0.151. The van der Waals surface area contributed by atoms with Gasteiger partial charge in [0.05, 0.1) is 17.8 Å². The van der Waals surface area contributed by atoms with E-state index < -0.39 is 22.9 Å². The fraction of sp³-hybridized carbons (Fsp3) is 0.308. The standard InChI is InChI=1S/C22H23N3O6S.C2H4O2.C2H2/c1-24-21(28)20(23-18(26)13-15-5-3-2-4-6-15)22(24)32-12-11-19(27)31-14-16-7-9-17(10-8-16)25(29)30;1-2(3)4;1-2/h2-10,20,22H,11-14H2,1H3,(H,23,26);1H3,(H,3,4);1-2H/t20-,22-;;/m1../s1. The van der Waals surface area contributed by atoms with Crippen LogP contribution in [0.25, 0.3) is 0 Å². The normalized spacial score (nSPS) is 15.4. The van der Waals surface area contributed by atoms with Crippen molar-refractivity contribution in [2.75, 3.05) is 12.8 Å². The van der Waals surface area contributed by atoms with E-state index in [1.54, 1.807) is 11.9 Å². The van der Waals surface area contributed by atoms with Crippen LogP contribution in [0, 0.1) is 23.0 Å². The third kappa shape index (κ3) is 10.7. The van der Waals surface area contributed by atoms with Crippen molar-refractivity contribution in [2.24, 2.45) is 0 Å². The van der Waals surface area contributed by atoms with Gasteiger partial charge in [-0.25, -0.2) is 0 Å². The largest absolute Gasteiger partial charge is 0.481 e. The molecule has 0 saturated carbocycles. The predicted octanol–water partition coefficient (Wildman–Crippen LogP) is 2.63. The number of non-ortho nitro benzene ring substituents is 1. The van der Waals surface area contributed by atoms with Gasteiger partial charge in [0.1, 0.15) is 18.0 Å². The summed E-state index contributed by atoms with van der Waals surface area (Å²) in [5.74, 6) is -1.21. The average Bonchev–Trinajstić information content (AvgIpc) is 2.90. The lowest BCUT2D eigenvalue weighted by Crippen LogP contribution is -2.68. The Morgan fingerprint density at radius 3 is 2.24 bits per heavy atom. The SMILES string of the molecule is C#C.CC(=O)O.CN1C(=O)[C@@H](NC(=O)Cc2ccccc2)[C@H]1SCCC(=O)OCc1ccc([N+](=O)[O-])cc1. The zero-order valence-electron chi connectivity index (χ0n) is 20.9. The molecule has 11 nitrogen and oxygen atoms in total. The molecule has 1 aliphatic rings. The van der Waals surface area contributed by atoms with Crippen LogP contribution < -0.4 is 5.32 Å². The first-order valence-corrected chi connectivity index (χ1v) is 12.3. The van der Waals surface area contributed by atoms with Gasteiger partial charge in [-0.05, 0) is 23.3 Å². The van der Waals surface area contributed by atoms with E-state index in [0.29, 0.717) is 11.3 Å². The number of terminal acetylenes is 1. The maximum absolute atomic E-state index is 12.3. The van der Waals surface area contributed by atoms with Crippen LogP contribution in [0.1, 0.15) is 24.5 Å². The number of likely N-dealkylation sites (tertiary alicyclic amines) is 1. The van der Waals surface area contributed by atoms with Gasteiger partial charge in [-0.1, -0.05) is 30.3 Å². The third-order valence-electron chi connectivity index (χ3n) is 4.95. The summed E-state index contributed by atoms with van der Waals surface area (Å²) >= 11 is 1.40. The van der Waals surface area contributed by atoms with E-state index in [2.05, 4.69) is 18.2 Å². The highest BCUT2D eigenvalue weighted by molar-refractivity contribution is 8.00. The number of nitrogens with one attached hydrogen (secondary N) is 1. The van der Waals surface area contributed by atoms with Crippen LogP contribution in [0.4, 0.5) is 5.69 Å². The van der Waals surface area contributed by atoms with E-state index in [-0.39, 0.29) is 42.3 Å². The number of β-lactam (4-membered cyclic amide) rings is 1. The number of nitro groups is 1. The molecule has 3 rings (SSSR count). The molecule has 0 unspecified atom stereocenters. The minimum absolute atomic E-state index is 0.0268. The fourth-order valence-electron chi connectivity index (χ4n) is 3.17. The van der Waals surface area contributed by atoms with Crippen LogP contribution in [-0.4, -0.2) is 62.9 Å². The Hall–Kier alpha value is -4.37. The number of nitro benzene ring substituents is 1. The topological polar surface area (TPSA) is 156 Å². The molecule has 202 valence electrons. The number of benzene rings is 2. The minimum Gasteiger partial charge on any atom is -0.481 e. The summed E-state index contributed by atoms with van der Waals surface area (Å²) in [6.07, 6.45) is 8.33. The number of ether oxygens (including phenoxy) is 1. The first-order valence-electron chi connectivity index (χ1n) is 11.2. The van der Waals surface area contributed by atoms with Crippen molar-refractivity contribution in [3.05, 3.63) is 75.8 Å². The van der Waals surface area contributed by atoms with Crippen LogP contribution in [0.5, 0.6) is 0 Å². The molecule has 1 fully saturated rings. The highest BCUT2D eigenvalue weighted by atomic mass is 32.2. The van der Waals surface area contributed by atoms with Crippen molar-refractivity contribution in [3.63, 3.8) is 0 Å². The molecule has 0 bridgehead atoms. The van der Waals surface area contributed by atoms with E-state index in [1.165, 1.54) is 36.0 Å². The number of rotatable bonds is 10. The molecule has 2 aromatic rings. The van der Waals surface area contributed by atoms with Crippen molar-refractivity contribution in [3.8, 4) is 12.8 Å². The molecule has 0 radical (unpaired) electrons. The number of nitrogens with zero attached hydrogens (tertiary/aromatic N) is 2.